The normalized spacial score (nSPS) is 12.4. The zero-order valence-electron chi connectivity index (χ0n) is 10.5. The number of aliphatic hydroxyl groups is 1. The van der Waals surface area contributed by atoms with Crippen LogP contribution in [0.15, 0.2) is 6.07 Å². The van der Waals surface area contributed by atoms with Crippen molar-refractivity contribution in [2.24, 2.45) is 5.73 Å². The standard InChI is InChI=1S/C11H8F2N4O4/c1-3(18)7-9(11(14)19)15-5-2-4(12)6(13)10(17(20)21)8(5)16-7/h2-3,18H,1H3,(H2,14,19). The summed E-state index contributed by atoms with van der Waals surface area (Å²) in [6, 6.07) is 0.558. The third-order valence-corrected chi connectivity index (χ3v) is 2.67. The van der Waals surface area contributed by atoms with Gasteiger partial charge in [0, 0.05) is 6.07 Å². The van der Waals surface area contributed by atoms with Crippen molar-refractivity contribution in [2.75, 3.05) is 0 Å². The molecule has 21 heavy (non-hydrogen) atoms. The SMILES string of the molecule is CC(O)c1nc2c([N+](=O)[O-])c(F)c(F)cc2nc1C(N)=O. The van der Waals surface area contributed by atoms with Gasteiger partial charge >= 0.3 is 5.69 Å². The van der Waals surface area contributed by atoms with E-state index in [1.165, 1.54) is 6.92 Å². The number of primary amides is 1. The molecular formula is C11H8F2N4O4. The van der Waals surface area contributed by atoms with Crippen molar-refractivity contribution in [3.05, 3.63) is 39.2 Å². The van der Waals surface area contributed by atoms with Crippen LogP contribution < -0.4 is 5.73 Å². The minimum Gasteiger partial charge on any atom is -0.387 e. The molecule has 1 aromatic carbocycles. The molecule has 0 saturated heterocycles. The van der Waals surface area contributed by atoms with E-state index < -0.39 is 51.0 Å². The number of hydrogen-bond acceptors (Lipinski definition) is 6. The van der Waals surface area contributed by atoms with E-state index in [1.54, 1.807) is 0 Å². The number of carbonyl (C=O) groups excluding carboxylic acids is 1. The van der Waals surface area contributed by atoms with Crippen molar-refractivity contribution in [3.8, 4) is 0 Å². The minimum atomic E-state index is -1.70. The molecule has 2 aromatic rings. The molecule has 1 heterocycles. The lowest BCUT2D eigenvalue weighted by Crippen LogP contribution is -2.19. The van der Waals surface area contributed by atoms with Crippen molar-refractivity contribution in [1.29, 1.82) is 0 Å². The van der Waals surface area contributed by atoms with Crippen LogP contribution >= 0.6 is 0 Å². The summed E-state index contributed by atoms with van der Waals surface area (Å²) in [6.07, 6.45) is -1.34. The Kier molecular flexibility index (Phi) is 3.47. The highest BCUT2D eigenvalue weighted by Crippen LogP contribution is 2.30. The molecule has 1 amide bonds. The van der Waals surface area contributed by atoms with E-state index in [9.17, 15) is 28.8 Å². The second-order valence-corrected chi connectivity index (χ2v) is 4.14. The predicted octanol–water partition coefficient (Wildman–Crippen LogP) is 0.968. The molecule has 0 aliphatic rings. The van der Waals surface area contributed by atoms with Gasteiger partial charge in [0.05, 0.1) is 16.5 Å². The fourth-order valence-electron chi connectivity index (χ4n) is 1.78. The fraction of sp³-hybridized carbons (Fsp3) is 0.182. The highest BCUT2D eigenvalue weighted by molar-refractivity contribution is 5.95. The molecule has 0 saturated carbocycles. The molecule has 3 N–H and O–H groups in total. The first-order valence-electron chi connectivity index (χ1n) is 5.56. The van der Waals surface area contributed by atoms with Crippen LogP contribution in [0.5, 0.6) is 0 Å². The Labute approximate surface area is 115 Å². The third-order valence-electron chi connectivity index (χ3n) is 2.67. The van der Waals surface area contributed by atoms with E-state index in [0.717, 1.165) is 0 Å². The number of nitrogens with two attached hydrogens (primary N) is 1. The van der Waals surface area contributed by atoms with E-state index in [2.05, 4.69) is 9.97 Å². The highest BCUT2D eigenvalue weighted by Gasteiger charge is 2.28. The average molecular weight is 298 g/mol. The first kappa shape index (κ1) is 14.7. The number of rotatable bonds is 3. The molecule has 0 aliphatic heterocycles. The van der Waals surface area contributed by atoms with Gasteiger partial charge in [0.25, 0.3) is 5.91 Å². The lowest BCUT2D eigenvalue weighted by atomic mass is 10.1. The number of halogens is 2. The predicted molar refractivity (Wildman–Crippen MR) is 65.3 cm³/mol. The quantitative estimate of drug-likeness (QED) is 0.640. The van der Waals surface area contributed by atoms with Crippen molar-refractivity contribution in [1.82, 2.24) is 9.97 Å². The molecule has 1 aromatic heterocycles. The van der Waals surface area contributed by atoms with Gasteiger partial charge in [-0.05, 0) is 6.92 Å². The van der Waals surface area contributed by atoms with Crippen LogP contribution in [-0.4, -0.2) is 25.9 Å². The van der Waals surface area contributed by atoms with Crippen molar-refractivity contribution < 1.29 is 23.6 Å². The van der Waals surface area contributed by atoms with Gasteiger partial charge in [-0.15, -0.1) is 0 Å². The van der Waals surface area contributed by atoms with Crippen molar-refractivity contribution >= 4 is 22.6 Å². The smallest absolute Gasteiger partial charge is 0.335 e. The maximum absolute atomic E-state index is 13.5. The Morgan fingerprint density at radius 3 is 2.57 bits per heavy atom. The number of aromatic nitrogens is 2. The van der Waals surface area contributed by atoms with Crippen LogP contribution in [-0.2, 0) is 0 Å². The van der Waals surface area contributed by atoms with E-state index in [0.29, 0.717) is 6.07 Å². The minimum absolute atomic E-state index is 0.357. The summed E-state index contributed by atoms with van der Waals surface area (Å²) < 4.78 is 26.9. The molecule has 0 fully saturated rings. The Balaban J connectivity index is 2.98. The topological polar surface area (TPSA) is 132 Å². The van der Waals surface area contributed by atoms with Crippen molar-refractivity contribution in [3.63, 3.8) is 0 Å². The zero-order chi connectivity index (χ0) is 15.9. The average Bonchev–Trinajstić information content (AvgIpc) is 2.38. The number of hydrogen-bond donors (Lipinski definition) is 2. The van der Waals surface area contributed by atoms with Gasteiger partial charge in [-0.3, -0.25) is 14.9 Å². The van der Waals surface area contributed by atoms with E-state index in [1.807, 2.05) is 0 Å². The van der Waals surface area contributed by atoms with E-state index >= 15 is 0 Å². The van der Waals surface area contributed by atoms with Crippen LogP contribution in [0.25, 0.3) is 11.0 Å². The number of carbonyl (C=O) groups is 1. The molecule has 110 valence electrons. The van der Waals surface area contributed by atoms with Crippen LogP contribution in [0, 0.1) is 21.7 Å². The van der Waals surface area contributed by atoms with Gasteiger partial charge in [0.15, 0.2) is 17.0 Å². The third kappa shape index (κ3) is 2.36. The van der Waals surface area contributed by atoms with Gasteiger partial charge in [-0.25, -0.2) is 14.4 Å². The van der Waals surface area contributed by atoms with Gasteiger partial charge in [0.2, 0.25) is 5.82 Å². The van der Waals surface area contributed by atoms with Crippen LogP contribution in [0.2, 0.25) is 0 Å². The molecular weight excluding hydrogens is 290 g/mol. The largest absolute Gasteiger partial charge is 0.387 e. The first-order chi connectivity index (χ1) is 9.73. The molecule has 0 aliphatic carbocycles. The van der Waals surface area contributed by atoms with E-state index in [4.69, 9.17) is 5.73 Å². The van der Waals surface area contributed by atoms with Gasteiger partial charge < -0.3 is 10.8 Å². The summed E-state index contributed by atoms with van der Waals surface area (Å²) in [5, 5.41) is 20.4. The Hall–Kier alpha value is -2.75. The second-order valence-electron chi connectivity index (χ2n) is 4.14. The molecule has 8 nitrogen and oxygen atoms in total. The molecule has 0 spiro atoms. The number of benzene rings is 1. The number of fused-ring (bicyclic) bond motifs is 1. The monoisotopic (exact) mass is 298 g/mol. The van der Waals surface area contributed by atoms with Gasteiger partial charge in [0.1, 0.15) is 5.69 Å². The lowest BCUT2D eigenvalue weighted by Gasteiger charge is -2.10. The van der Waals surface area contributed by atoms with Crippen molar-refractivity contribution in [2.45, 2.75) is 13.0 Å². The second kappa shape index (κ2) is 4.98. The van der Waals surface area contributed by atoms with Gasteiger partial charge in [-0.1, -0.05) is 0 Å². The zero-order valence-corrected chi connectivity index (χ0v) is 10.5. The van der Waals surface area contributed by atoms with Crippen LogP contribution in [0.1, 0.15) is 29.2 Å². The molecule has 0 bridgehead atoms. The fourth-order valence-corrected chi connectivity index (χ4v) is 1.78. The Morgan fingerprint density at radius 2 is 2.10 bits per heavy atom. The number of nitrogens with zero attached hydrogens (tertiary/aromatic N) is 3. The van der Waals surface area contributed by atoms with Crippen LogP contribution in [0.4, 0.5) is 14.5 Å². The summed E-state index contributed by atoms with van der Waals surface area (Å²) >= 11 is 0. The summed E-state index contributed by atoms with van der Waals surface area (Å²) in [4.78, 5) is 28.2. The number of amides is 1. The summed E-state index contributed by atoms with van der Waals surface area (Å²) in [5.41, 5.74) is 2.00. The summed E-state index contributed by atoms with van der Waals surface area (Å²) in [6.45, 7) is 1.22. The molecule has 1 unspecified atom stereocenters. The maximum atomic E-state index is 13.5. The maximum Gasteiger partial charge on any atom is 0.335 e. The number of nitro benzene ring substituents is 1. The summed E-state index contributed by atoms with van der Waals surface area (Å²) in [7, 11) is 0. The Morgan fingerprint density at radius 1 is 1.48 bits per heavy atom. The first-order valence-corrected chi connectivity index (χ1v) is 5.56. The number of aliphatic hydroxyl groups excluding tert-OH is 1. The number of nitro groups is 1. The lowest BCUT2D eigenvalue weighted by molar-refractivity contribution is -0.386. The van der Waals surface area contributed by atoms with Gasteiger partial charge in [-0.2, -0.15) is 4.39 Å². The van der Waals surface area contributed by atoms with Crippen LogP contribution in [0.3, 0.4) is 0 Å². The molecule has 0 radical (unpaired) electrons. The Bertz CT molecular complexity index is 779. The molecule has 1 atom stereocenters. The van der Waals surface area contributed by atoms with E-state index in [-0.39, 0.29) is 5.69 Å². The molecule has 2 rings (SSSR count). The molecule has 10 heteroatoms. The highest BCUT2D eigenvalue weighted by atomic mass is 19.2. The summed E-state index contributed by atoms with van der Waals surface area (Å²) in [5.74, 6) is -4.28.